The van der Waals surface area contributed by atoms with Gasteiger partial charge in [-0.25, -0.2) is 17.8 Å². The van der Waals surface area contributed by atoms with Crippen molar-refractivity contribution in [3.8, 4) is 11.3 Å². The maximum Gasteiger partial charge on any atom is 0.272 e. The summed E-state index contributed by atoms with van der Waals surface area (Å²) in [5.41, 5.74) is 1.67. The number of rotatable bonds is 4. The SMILES string of the molecule is Cc1nc(S(=O)(=O)N2CCCN(C(=O)c3cc(-c4ccc(F)cc4)nn3C)CC2)cn1C. The smallest absolute Gasteiger partial charge is 0.272 e. The number of carbonyl (C=O) groups excluding carboxylic acids is 1. The average molecular weight is 461 g/mol. The van der Waals surface area contributed by atoms with Crippen molar-refractivity contribution in [3.05, 3.63) is 53.9 Å². The van der Waals surface area contributed by atoms with E-state index >= 15 is 0 Å². The molecule has 1 aliphatic rings. The first kappa shape index (κ1) is 22.2. The van der Waals surface area contributed by atoms with Gasteiger partial charge in [0.05, 0.1) is 5.69 Å². The second-order valence-electron chi connectivity index (χ2n) is 7.83. The van der Waals surface area contributed by atoms with Gasteiger partial charge in [-0.15, -0.1) is 0 Å². The molecule has 3 aromatic rings. The molecular formula is C21H25FN6O3S. The lowest BCUT2D eigenvalue weighted by Gasteiger charge is -2.21. The van der Waals surface area contributed by atoms with Gasteiger partial charge in [0.1, 0.15) is 17.3 Å². The van der Waals surface area contributed by atoms with E-state index in [9.17, 15) is 17.6 Å². The zero-order chi connectivity index (χ0) is 23.0. The number of sulfonamides is 1. The first-order valence-corrected chi connectivity index (χ1v) is 11.7. The summed E-state index contributed by atoms with van der Waals surface area (Å²) in [6, 6.07) is 7.59. The number of benzene rings is 1. The van der Waals surface area contributed by atoms with Crippen molar-refractivity contribution in [2.75, 3.05) is 26.2 Å². The minimum atomic E-state index is -3.73. The number of nitrogens with zero attached hydrogens (tertiary/aromatic N) is 6. The van der Waals surface area contributed by atoms with E-state index in [2.05, 4.69) is 10.1 Å². The fourth-order valence-corrected chi connectivity index (χ4v) is 5.21. The molecule has 0 unspecified atom stereocenters. The Kier molecular flexibility index (Phi) is 5.87. The van der Waals surface area contributed by atoms with Gasteiger partial charge in [0.25, 0.3) is 15.9 Å². The number of aromatic nitrogens is 4. The molecule has 0 N–H and O–H groups in total. The first-order valence-electron chi connectivity index (χ1n) is 10.3. The standard InChI is InChI=1S/C21H25FN6O3S/c1-15-23-20(14-25(15)2)32(30,31)28-10-4-9-27(11-12-28)21(29)19-13-18(24-26(19)3)16-5-7-17(22)8-6-16/h5-8,13-14H,4,9-12H2,1-3H3. The second-order valence-corrected chi connectivity index (χ2v) is 9.72. The number of imidazole rings is 1. The summed E-state index contributed by atoms with van der Waals surface area (Å²) in [5, 5.41) is 4.41. The van der Waals surface area contributed by atoms with E-state index in [0.29, 0.717) is 42.3 Å². The molecule has 0 saturated carbocycles. The molecule has 1 saturated heterocycles. The van der Waals surface area contributed by atoms with Gasteiger partial charge in [-0.2, -0.15) is 9.40 Å². The van der Waals surface area contributed by atoms with Crippen LogP contribution in [-0.2, 0) is 24.1 Å². The highest BCUT2D eigenvalue weighted by Gasteiger charge is 2.31. The molecule has 1 amide bonds. The molecule has 2 aromatic heterocycles. The van der Waals surface area contributed by atoms with Crippen LogP contribution in [0.4, 0.5) is 4.39 Å². The van der Waals surface area contributed by atoms with E-state index in [4.69, 9.17) is 0 Å². The topological polar surface area (TPSA) is 93.3 Å². The van der Waals surface area contributed by atoms with Crippen LogP contribution >= 0.6 is 0 Å². The van der Waals surface area contributed by atoms with Gasteiger partial charge in [0, 0.05) is 52.0 Å². The zero-order valence-electron chi connectivity index (χ0n) is 18.2. The fraction of sp³-hybridized carbons (Fsp3) is 0.381. The van der Waals surface area contributed by atoms with Crippen molar-refractivity contribution in [1.29, 1.82) is 0 Å². The summed E-state index contributed by atoms with van der Waals surface area (Å²) in [6.45, 7) is 2.94. The van der Waals surface area contributed by atoms with Crippen molar-refractivity contribution in [3.63, 3.8) is 0 Å². The van der Waals surface area contributed by atoms with Crippen molar-refractivity contribution in [2.45, 2.75) is 18.4 Å². The zero-order valence-corrected chi connectivity index (χ0v) is 19.0. The largest absolute Gasteiger partial charge is 0.337 e. The Bertz CT molecular complexity index is 1230. The molecule has 0 bridgehead atoms. The lowest BCUT2D eigenvalue weighted by atomic mass is 10.1. The third kappa shape index (κ3) is 4.17. The number of hydrogen-bond donors (Lipinski definition) is 0. The number of aryl methyl sites for hydroxylation is 3. The maximum absolute atomic E-state index is 13.2. The maximum atomic E-state index is 13.2. The summed E-state index contributed by atoms with van der Waals surface area (Å²) in [6.07, 6.45) is 2.02. The molecule has 1 aliphatic heterocycles. The lowest BCUT2D eigenvalue weighted by Crippen LogP contribution is -2.38. The number of hydrogen-bond acceptors (Lipinski definition) is 5. The van der Waals surface area contributed by atoms with Gasteiger partial charge in [-0.05, 0) is 43.7 Å². The predicted octanol–water partition coefficient (Wildman–Crippen LogP) is 1.80. The molecule has 32 heavy (non-hydrogen) atoms. The molecule has 9 nitrogen and oxygen atoms in total. The highest BCUT2D eigenvalue weighted by atomic mass is 32.2. The minimum absolute atomic E-state index is 0.0212. The Labute approximate surface area is 186 Å². The molecule has 11 heteroatoms. The van der Waals surface area contributed by atoms with Gasteiger partial charge >= 0.3 is 0 Å². The number of carbonyl (C=O) groups is 1. The average Bonchev–Trinajstić information content (AvgIpc) is 3.19. The molecule has 0 atom stereocenters. The van der Waals surface area contributed by atoms with Crippen LogP contribution in [-0.4, -0.2) is 69.0 Å². The van der Waals surface area contributed by atoms with Crippen LogP contribution in [0, 0.1) is 12.7 Å². The normalized spacial score (nSPS) is 15.7. The molecule has 0 aliphatic carbocycles. The third-order valence-corrected chi connectivity index (χ3v) is 7.44. The molecule has 3 heterocycles. The van der Waals surface area contributed by atoms with Gasteiger partial charge < -0.3 is 9.47 Å². The molecule has 0 radical (unpaired) electrons. The molecule has 1 fully saturated rings. The summed E-state index contributed by atoms with van der Waals surface area (Å²) in [5.74, 6) is 0.0515. The van der Waals surface area contributed by atoms with Gasteiger partial charge in [0.2, 0.25) is 0 Å². The van der Waals surface area contributed by atoms with E-state index in [1.165, 1.54) is 27.3 Å². The van der Waals surface area contributed by atoms with Crippen molar-refractivity contribution < 1.29 is 17.6 Å². The Morgan fingerprint density at radius 3 is 2.44 bits per heavy atom. The Hall–Kier alpha value is -3.05. The van der Waals surface area contributed by atoms with Crippen LogP contribution in [0.5, 0.6) is 0 Å². The van der Waals surface area contributed by atoms with Crippen LogP contribution < -0.4 is 0 Å². The highest BCUT2D eigenvalue weighted by molar-refractivity contribution is 7.89. The van der Waals surface area contributed by atoms with Crippen LogP contribution in [0.15, 0.2) is 41.6 Å². The van der Waals surface area contributed by atoms with E-state index in [1.54, 1.807) is 48.7 Å². The fourth-order valence-electron chi connectivity index (χ4n) is 3.71. The number of amides is 1. The quantitative estimate of drug-likeness (QED) is 0.592. The molecule has 0 spiro atoms. The Morgan fingerprint density at radius 1 is 1.06 bits per heavy atom. The summed E-state index contributed by atoms with van der Waals surface area (Å²) in [7, 11) is -0.302. The van der Waals surface area contributed by atoms with Crippen molar-refractivity contribution in [2.24, 2.45) is 14.1 Å². The number of halogens is 1. The Morgan fingerprint density at radius 2 is 1.78 bits per heavy atom. The van der Waals surface area contributed by atoms with E-state index in [-0.39, 0.29) is 29.8 Å². The predicted molar refractivity (Wildman–Crippen MR) is 116 cm³/mol. The molecule has 4 rings (SSSR count). The van der Waals surface area contributed by atoms with Crippen LogP contribution in [0.25, 0.3) is 11.3 Å². The minimum Gasteiger partial charge on any atom is -0.337 e. The summed E-state index contributed by atoms with van der Waals surface area (Å²) in [4.78, 5) is 19.0. The van der Waals surface area contributed by atoms with Gasteiger partial charge in [-0.1, -0.05) is 0 Å². The van der Waals surface area contributed by atoms with E-state index in [0.717, 1.165) is 0 Å². The summed E-state index contributed by atoms with van der Waals surface area (Å²) < 4.78 is 43.7. The van der Waals surface area contributed by atoms with Gasteiger partial charge in [-0.3, -0.25) is 9.48 Å². The van der Waals surface area contributed by atoms with Crippen molar-refractivity contribution >= 4 is 15.9 Å². The first-order chi connectivity index (χ1) is 15.2. The van der Waals surface area contributed by atoms with Crippen LogP contribution in [0.2, 0.25) is 0 Å². The molecule has 1 aromatic carbocycles. The van der Waals surface area contributed by atoms with Crippen molar-refractivity contribution in [1.82, 2.24) is 28.5 Å². The van der Waals surface area contributed by atoms with E-state index < -0.39 is 10.0 Å². The Balaban J connectivity index is 1.50. The molecular weight excluding hydrogens is 435 g/mol. The summed E-state index contributed by atoms with van der Waals surface area (Å²) >= 11 is 0. The highest BCUT2D eigenvalue weighted by Crippen LogP contribution is 2.22. The second kappa shape index (κ2) is 8.47. The van der Waals surface area contributed by atoms with Crippen LogP contribution in [0.3, 0.4) is 0 Å². The van der Waals surface area contributed by atoms with Gasteiger partial charge in [0.15, 0.2) is 5.03 Å². The monoisotopic (exact) mass is 460 g/mol. The third-order valence-electron chi connectivity index (χ3n) is 5.67. The lowest BCUT2D eigenvalue weighted by molar-refractivity contribution is 0.0753. The molecule has 170 valence electrons. The van der Waals surface area contributed by atoms with Crippen LogP contribution in [0.1, 0.15) is 22.7 Å². The van der Waals surface area contributed by atoms with E-state index in [1.807, 2.05) is 0 Å².